The van der Waals surface area contributed by atoms with Gasteiger partial charge in [0, 0.05) is 10.9 Å². The minimum absolute atomic E-state index is 0.439. The van der Waals surface area contributed by atoms with Gasteiger partial charge in [0.2, 0.25) is 0 Å². The zero-order chi connectivity index (χ0) is 8.72. The topological polar surface area (TPSA) is 41.3 Å². The number of thioether (sulfide) groups is 1. The highest BCUT2D eigenvalue weighted by Gasteiger charge is 2.41. The lowest BCUT2D eigenvalue weighted by Gasteiger charge is -2.25. The summed E-state index contributed by atoms with van der Waals surface area (Å²) in [6.07, 6.45) is 2.14. The normalized spacial score (nSPS) is 39.2. The maximum absolute atomic E-state index is 5.73. The lowest BCUT2D eigenvalue weighted by molar-refractivity contribution is 0.289. The van der Waals surface area contributed by atoms with Crippen LogP contribution in [0.1, 0.15) is 6.92 Å². The third kappa shape index (κ3) is 1.14. The van der Waals surface area contributed by atoms with E-state index in [-0.39, 0.29) is 0 Å². The summed E-state index contributed by atoms with van der Waals surface area (Å²) in [5, 5.41) is 4.10. The minimum atomic E-state index is 0.439. The van der Waals surface area contributed by atoms with Crippen molar-refractivity contribution in [3.63, 3.8) is 0 Å². The standard InChI is InChI=1S/C8H15N3S/c1-3-11(2)8-10-7-5(9)4-6(7)12-8/h4,6-8,10H,3,9H2,1-2H3/t6-,7?,8?/m0/s1. The second-order valence-corrected chi connectivity index (χ2v) is 4.60. The largest absolute Gasteiger partial charge is 0.401 e. The van der Waals surface area contributed by atoms with Crippen molar-refractivity contribution in [2.75, 3.05) is 13.6 Å². The molecule has 1 aliphatic carbocycles. The zero-order valence-electron chi connectivity index (χ0n) is 7.45. The fraction of sp³-hybridized carbons (Fsp3) is 0.750. The summed E-state index contributed by atoms with van der Waals surface area (Å²) >= 11 is 1.96. The highest BCUT2D eigenvalue weighted by atomic mass is 32.2. The molecule has 1 aliphatic heterocycles. The number of nitrogens with one attached hydrogen (secondary N) is 1. The molecule has 2 rings (SSSR count). The number of fused-ring (bicyclic) bond motifs is 1. The van der Waals surface area contributed by atoms with Gasteiger partial charge in [-0.2, -0.15) is 0 Å². The van der Waals surface area contributed by atoms with Gasteiger partial charge in [0.25, 0.3) is 0 Å². The molecule has 0 amide bonds. The van der Waals surface area contributed by atoms with Crippen molar-refractivity contribution in [3.8, 4) is 0 Å². The minimum Gasteiger partial charge on any atom is -0.401 e. The predicted octanol–water partition coefficient (Wildman–Crippen LogP) is 0.152. The Kier molecular flexibility index (Phi) is 2.06. The number of rotatable bonds is 2. The van der Waals surface area contributed by atoms with Crippen LogP contribution in [0.5, 0.6) is 0 Å². The smallest absolute Gasteiger partial charge is 0.109 e. The molecule has 1 saturated heterocycles. The summed E-state index contributed by atoms with van der Waals surface area (Å²) in [6.45, 7) is 3.24. The molecule has 3 N–H and O–H groups in total. The first-order valence-electron chi connectivity index (χ1n) is 4.31. The summed E-state index contributed by atoms with van der Waals surface area (Å²) in [5.41, 5.74) is 7.19. The molecule has 68 valence electrons. The Hall–Kier alpha value is -0.190. The third-order valence-electron chi connectivity index (χ3n) is 2.55. The van der Waals surface area contributed by atoms with E-state index in [0.717, 1.165) is 12.2 Å². The van der Waals surface area contributed by atoms with Crippen LogP contribution in [0.4, 0.5) is 0 Å². The van der Waals surface area contributed by atoms with E-state index in [2.05, 4.69) is 30.3 Å². The Labute approximate surface area is 77.4 Å². The van der Waals surface area contributed by atoms with Crippen molar-refractivity contribution in [2.45, 2.75) is 23.7 Å². The highest BCUT2D eigenvalue weighted by Crippen LogP contribution is 2.37. The number of nitrogens with two attached hydrogens (primary N) is 1. The van der Waals surface area contributed by atoms with E-state index in [9.17, 15) is 0 Å². The average molecular weight is 185 g/mol. The first-order valence-corrected chi connectivity index (χ1v) is 5.25. The Morgan fingerprint density at radius 2 is 2.50 bits per heavy atom. The number of hydrogen-bond donors (Lipinski definition) is 2. The van der Waals surface area contributed by atoms with E-state index in [0.29, 0.717) is 16.8 Å². The Morgan fingerprint density at radius 3 is 3.00 bits per heavy atom. The molecule has 12 heavy (non-hydrogen) atoms. The molecule has 1 heterocycles. The molecule has 0 aromatic rings. The van der Waals surface area contributed by atoms with Gasteiger partial charge >= 0.3 is 0 Å². The summed E-state index contributed by atoms with van der Waals surface area (Å²) in [7, 11) is 2.13. The van der Waals surface area contributed by atoms with Crippen molar-refractivity contribution < 1.29 is 0 Å². The average Bonchev–Trinajstić information content (AvgIpc) is 2.41. The van der Waals surface area contributed by atoms with E-state index in [1.807, 2.05) is 11.8 Å². The van der Waals surface area contributed by atoms with E-state index in [4.69, 9.17) is 5.73 Å². The number of hydrogen-bond acceptors (Lipinski definition) is 4. The fourth-order valence-electron chi connectivity index (χ4n) is 1.51. The summed E-state index contributed by atoms with van der Waals surface area (Å²) < 4.78 is 0. The molecule has 0 saturated carbocycles. The summed E-state index contributed by atoms with van der Waals surface area (Å²) in [6, 6.07) is 0.439. The lowest BCUT2D eigenvalue weighted by Crippen LogP contribution is -2.46. The van der Waals surface area contributed by atoms with Crippen LogP contribution in [0, 0.1) is 0 Å². The van der Waals surface area contributed by atoms with Gasteiger partial charge in [-0.05, 0) is 19.7 Å². The molecule has 3 atom stereocenters. The van der Waals surface area contributed by atoms with Gasteiger partial charge in [0.15, 0.2) is 0 Å². The predicted molar refractivity (Wildman–Crippen MR) is 52.7 cm³/mol. The molecule has 4 heteroatoms. The van der Waals surface area contributed by atoms with Gasteiger partial charge in [-0.1, -0.05) is 6.92 Å². The molecule has 0 aromatic heterocycles. The molecule has 2 aliphatic rings. The number of nitrogens with zero attached hydrogens (tertiary/aromatic N) is 1. The van der Waals surface area contributed by atoms with Crippen molar-refractivity contribution >= 4 is 11.8 Å². The Balaban J connectivity index is 1.94. The third-order valence-corrected chi connectivity index (χ3v) is 4.03. The van der Waals surface area contributed by atoms with Gasteiger partial charge in [0.05, 0.1) is 6.04 Å². The quantitative estimate of drug-likeness (QED) is 0.642. The fourth-order valence-corrected chi connectivity index (χ4v) is 3.02. The lowest BCUT2D eigenvalue weighted by atomic mass is 9.99. The maximum Gasteiger partial charge on any atom is 0.109 e. The molecule has 2 unspecified atom stereocenters. The highest BCUT2D eigenvalue weighted by molar-refractivity contribution is 8.01. The van der Waals surface area contributed by atoms with Crippen LogP contribution >= 0.6 is 11.8 Å². The second kappa shape index (κ2) is 2.94. The second-order valence-electron chi connectivity index (χ2n) is 3.34. The van der Waals surface area contributed by atoms with Crippen LogP contribution in [0.2, 0.25) is 0 Å². The van der Waals surface area contributed by atoms with Crippen LogP contribution in [0.25, 0.3) is 0 Å². The summed E-state index contributed by atoms with van der Waals surface area (Å²) in [5.74, 6) is 0. The molecule has 3 nitrogen and oxygen atoms in total. The van der Waals surface area contributed by atoms with Crippen molar-refractivity contribution in [2.24, 2.45) is 5.73 Å². The Bertz CT molecular complexity index is 216. The van der Waals surface area contributed by atoms with Gasteiger partial charge in [-0.25, -0.2) is 0 Å². The SMILES string of the molecule is CCN(C)C1NC2C(N)=C[C@@H]2S1. The molecular formula is C8H15N3S. The van der Waals surface area contributed by atoms with Crippen molar-refractivity contribution in [1.82, 2.24) is 10.2 Å². The van der Waals surface area contributed by atoms with E-state index >= 15 is 0 Å². The zero-order valence-corrected chi connectivity index (χ0v) is 8.27. The summed E-state index contributed by atoms with van der Waals surface area (Å²) in [4.78, 5) is 2.30. The molecule has 0 spiro atoms. The molecule has 1 fully saturated rings. The molecule has 0 radical (unpaired) electrons. The van der Waals surface area contributed by atoms with Gasteiger partial charge in [-0.15, -0.1) is 11.8 Å². The van der Waals surface area contributed by atoms with Crippen molar-refractivity contribution in [3.05, 3.63) is 11.8 Å². The van der Waals surface area contributed by atoms with Gasteiger partial charge < -0.3 is 5.73 Å². The molecule has 0 bridgehead atoms. The molecular weight excluding hydrogens is 170 g/mol. The van der Waals surface area contributed by atoms with Gasteiger partial charge in [-0.3, -0.25) is 10.2 Å². The van der Waals surface area contributed by atoms with Crippen molar-refractivity contribution in [1.29, 1.82) is 0 Å². The van der Waals surface area contributed by atoms with Crippen LogP contribution in [-0.2, 0) is 0 Å². The van der Waals surface area contributed by atoms with Crippen LogP contribution in [-0.4, -0.2) is 35.3 Å². The first-order chi connectivity index (χ1) is 5.72. The van der Waals surface area contributed by atoms with Gasteiger partial charge in [0.1, 0.15) is 5.50 Å². The monoisotopic (exact) mass is 185 g/mol. The van der Waals surface area contributed by atoms with Crippen LogP contribution in [0.15, 0.2) is 11.8 Å². The maximum atomic E-state index is 5.73. The van der Waals surface area contributed by atoms with Crippen LogP contribution in [0.3, 0.4) is 0 Å². The van der Waals surface area contributed by atoms with E-state index < -0.39 is 0 Å². The first kappa shape index (κ1) is 8.41. The van der Waals surface area contributed by atoms with E-state index in [1.165, 1.54) is 0 Å². The van der Waals surface area contributed by atoms with Crippen LogP contribution < -0.4 is 11.1 Å². The van der Waals surface area contributed by atoms with E-state index in [1.54, 1.807) is 0 Å². The molecule has 0 aromatic carbocycles. The Morgan fingerprint density at radius 1 is 1.75 bits per heavy atom.